The number of hydrazine groups is 1. The average Bonchev–Trinajstić information content (AvgIpc) is 1.91. The van der Waals surface area contributed by atoms with Gasteiger partial charge in [-0.2, -0.15) is 0 Å². The molecule has 1 heterocycles. The third kappa shape index (κ3) is 0.618. The highest BCUT2D eigenvalue weighted by atomic mass is 16.2. The van der Waals surface area contributed by atoms with E-state index in [1.807, 2.05) is 0 Å². The molecule has 1 amide bonds. The van der Waals surface area contributed by atoms with Crippen LogP contribution in [0.2, 0.25) is 0 Å². The van der Waals surface area contributed by atoms with E-state index in [0.717, 1.165) is 5.01 Å². The second-order valence-corrected chi connectivity index (χ2v) is 1.31. The van der Waals surface area contributed by atoms with Crippen LogP contribution in [0.1, 0.15) is 0 Å². The van der Waals surface area contributed by atoms with E-state index >= 15 is 0 Å². The Bertz CT molecular complexity index is 119. The highest BCUT2D eigenvalue weighted by Gasteiger charge is 2.08. The first-order valence-corrected chi connectivity index (χ1v) is 1.95. The predicted octanol–water partition coefficient (Wildman–Crippen LogP) is -0.938. The van der Waals surface area contributed by atoms with Gasteiger partial charge in [-0.1, -0.05) is 0 Å². The summed E-state index contributed by atoms with van der Waals surface area (Å²) in [5.74, 6) is 4.83. The first-order valence-electron chi connectivity index (χ1n) is 1.95. The van der Waals surface area contributed by atoms with E-state index in [9.17, 15) is 4.79 Å². The number of amides is 1. The summed E-state index contributed by atoms with van der Waals surface area (Å²) in [6.07, 6.45) is 4.01. The van der Waals surface area contributed by atoms with Gasteiger partial charge in [-0.15, -0.1) is 0 Å². The zero-order valence-electron chi connectivity index (χ0n) is 3.72. The normalized spacial score (nSPS) is 19.0. The molecule has 0 saturated heterocycles. The Morgan fingerprint density at radius 3 is 2.86 bits per heavy atom. The van der Waals surface area contributed by atoms with Gasteiger partial charge in [0.1, 0.15) is 0 Å². The van der Waals surface area contributed by atoms with Crippen molar-refractivity contribution in [1.29, 1.82) is 0 Å². The van der Waals surface area contributed by atoms with Crippen LogP contribution in [0.4, 0.5) is 0 Å². The molecule has 0 atom stereocenters. The lowest BCUT2D eigenvalue weighted by Gasteiger charge is -2.02. The van der Waals surface area contributed by atoms with Gasteiger partial charge in [-0.05, 0) is 6.08 Å². The second-order valence-electron chi connectivity index (χ2n) is 1.31. The van der Waals surface area contributed by atoms with Crippen molar-refractivity contribution >= 4 is 5.91 Å². The molecule has 0 unspecified atom stereocenters. The molecule has 0 saturated carbocycles. The molecular weight excluding hydrogens is 92.1 g/mol. The fourth-order valence-corrected chi connectivity index (χ4v) is 0.397. The van der Waals surface area contributed by atoms with Gasteiger partial charge in [0, 0.05) is 0 Å². The van der Waals surface area contributed by atoms with Gasteiger partial charge in [0.15, 0.2) is 0 Å². The Hall–Kier alpha value is -0.830. The van der Waals surface area contributed by atoms with Gasteiger partial charge in [0.25, 0.3) is 5.91 Å². The van der Waals surface area contributed by atoms with Crippen LogP contribution in [0.5, 0.6) is 0 Å². The number of nitrogens with zero attached hydrogens (tertiary/aromatic N) is 1. The number of hydrogen-bond donors (Lipinski definition) is 1. The minimum Gasteiger partial charge on any atom is -0.273 e. The van der Waals surface area contributed by atoms with Crippen LogP contribution >= 0.6 is 0 Å². The Morgan fingerprint density at radius 2 is 2.71 bits per heavy atom. The fourth-order valence-electron chi connectivity index (χ4n) is 0.397. The monoisotopic (exact) mass is 97.0 g/mol. The van der Waals surface area contributed by atoms with Crippen LogP contribution in [0, 0.1) is 6.08 Å². The molecule has 0 spiro atoms. The first kappa shape index (κ1) is 4.33. The van der Waals surface area contributed by atoms with Crippen molar-refractivity contribution in [2.45, 2.75) is 0 Å². The van der Waals surface area contributed by atoms with Gasteiger partial charge < -0.3 is 0 Å². The molecule has 0 aromatic heterocycles. The number of hydrogen-bond acceptors (Lipinski definition) is 2. The molecule has 0 bridgehead atoms. The molecule has 1 radical (unpaired) electrons. The fraction of sp³-hybridized carbons (Fsp3) is 0.250. The maximum Gasteiger partial charge on any atom is 0.268 e. The number of carbonyl (C=O) groups excluding carboxylic acids is 1. The predicted molar refractivity (Wildman–Crippen MR) is 23.7 cm³/mol. The average molecular weight is 97.1 g/mol. The van der Waals surface area contributed by atoms with E-state index < -0.39 is 0 Å². The topological polar surface area (TPSA) is 46.3 Å². The highest BCUT2D eigenvalue weighted by Crippen LogP contribution is 1.90. The van der Waals surface area contributed by atoms with Crippen LogP contribution in [-0.4, -0.2) is 17.5 Å². The zero-order chi connectivity index (χ0) is 5.28. The SMILES string of the molecule is NN1CC=[C]C1=O. The van der Waals surface area contributed by atoms with Gasteiger partial charge >= 0.3 is 0 Å². The first-order chi connectivity index (χ1) is 3.30. The van der Waals surface area contributed by atoms with Crippen molar-refractivity contribution in [3.63, 3.8) is 0 Å². The molecular formula is C4H5N2O. The number of carbonyl (C=O) groups is 1. The Labute approximate surface area is 41.4 Å². The maximum absolute atomic E-state index is 10.2. The minimum atomic E-state index is -0.236. The molecule has 3 nitrogen and oxygen atoms in total. The van der Waals surface area contributed by atoms with Crippen molar-refractivity contribution in [3.05, 3.63) is 12.2 Å². The van der Waals surface area contributed by atoms with Crippen LogP contribution in [0.15, 0.2) is 6.08 Å². The summed E-state index contributed by atoms with van der Waals surface area (Å²) in [5.41, 5.74) is 0. The largest absolute Gasteiger partial charge is 0.273 e. The Kier molecular flexibility index (Phi) is 0.834. The molecule has 3 heteroatoms. The second kappa shape index (κ2) is 1.35. The van der Waals surface area contributed by atoms with Crippen LogP contribution in [-0.2, 0) is 4.79 Å². The lowest BCUT2D eigenvalue weighted by atomic mass is 10.6. The Morgan fingerprint density at radius 1 is 2.00 bits per heavy atom. The highest BCUT2D eigenvalue weighted by molar-refractivity contribution is 5.85. The number of rotatable bonds is 0. The van der Waals surface area contributed by atoms with E-state index in [1.165, 1.54) is 0 Å². The lowest BCUT2D eigenvalue weighted by Crippen LogP contribution is -2.32. The van der Waals surface area contributed by atoms with E-state index in [4.69, 9.17) is 5.84 Å². The smallest absolute Gasteiger partial charge is 0.268 e. The van der Waals surface area contributed by atoms with Crippen LogP contribution < -0.4 is 5.84 Å². The van der Waals surface area contributed by atoms with Gasteiger partial charge in [0.2, 0.25) is 0 Å². The molecule has 1 aliphatic heterocycles. The number of nitrogens with two attached hydrogens (primary N) is 1. The standard InChI is InChI=1S/C4H5N2O/c5-6-3-1-2-4(6)7/h1H,3,5H2. The van der Waals surface area contributed by atoms with Crippen LogP contribution in [0.25, 0.3) is 0 Å². The Balaban J connectivity index is 2.62. The van der Waals surface area contributed by atoms with E-state index in [2.05, 4.69) is 6.08 Å². The molecule has 2 N–H and O–H groups in total. The minimum absolute atomic E-state index is 0.236. The molecule has 7 heavy (non-hydrogen) atoms. The summed E-state index contributed by atoms with van der Waals surface area (Å²) in [5, 5.41) is 1.10. The summed E-state index contributed by atoms with van der Waals surface area (Å²) in [4.78, 5) is 10.2. The summed E-state index contributed by atoms with van der Waals surface area (Å²) >= 11 is 0. The maximum atomic E-state index is 10.2. The lowest BCUT2D eigenvalue weighted by molar-refractivity contribution is -0.125. The van der Waals surface area contributed by atoms with Crippen molar-refractivity contribution in [1.82, 2.24) is 5.01 Å². The van der Waals surface area contributed by atoms with Crippen LogP contribution in [0.3, 0.4) is 0 Å². The molecule has 0 aromatic rings. The van der Waals surface area contributed by atoms with Gasteiger partial charge in [0.05, 0.1) is 12.6 Å². The molecule has 0 aliphatic carbocycles. The molecule has 1 aliphatic rings. The quantitative estimate of drug-likeness (QED) is 0.313. The molecule has 1 rings (SSSR count). The summed E-state index contributed by atoms with van der Waals surface area (Å²) in [6, 6.07) is 0. The third-order valence-corrected chi connectivity index (χ3v) is 0.774. The molecule has 0 aromatic carbocycles. The summed E-state index contributed by atoms with van der Waals surface area (Å²) < 4.78 is 0. The van der Waals surface area contributed by atoms with Gasteiger partial charge in [-0.25, -0.2) is 5.84 Å². The summed E-state index contributed by atoms with van der Waals surface area (Å²) in [6.45, 7) is 0.499. The van der Waals surface area contributed by atoms with Crippen molar-refractivity contribution in [2.24, 2.45) is 5.84 Å². The third-order valence-electron chi connectivity index (χ3n) is 0.774. The van der Waals surface area contributed by atoms with E-state index in [1.54, 1.807) is 6.08 Å². The van der Waals surface area contributed by atoms with Crippen molar-refractivity contribution in [2.75, 3.05) is 6.54 Å². The van der Waals surface area contributed by atoms with Crippen molar-refractivity contribution in [3.8, 4) is 0 Å². The molecule has 0 fully saturated rings. The van der Waals surface area contributed by atoms with E-state index in [-0.39, 0.29) is 5.91 Å². The van der Waals surface area contributed by atoms with Gasteiger partial charge in [-0.3, -0.25) is 9.80 Å². The van der Waals surface area contributed by atoms with E-state index in [0.29, 0.717) is 6.54 Å². The molecule has 37 valence electrons. The van der Waals surface area contributed by atoms with Crippen molar-refractivity contribution < 1.29 is 4.79 Å². The zero-order valence-corrected chi connectivity index (χ0v) is 3.72. The summed E-state index contributed by atoms with van der Waals surface area (Å²) in [7, 11) is 0.